The van der Waals surface area contributed by atoms with Crippen molar-refractivity contribution in [2.24, 2.45) is 5.41 Å². The van der Waals surface area contributed by atoms with Crippen molar-refractivity contribution < 1.29 is 13.6 Å². The molecule has 1 atom stereocenters. The molecule has 2 N–H and O–H groups in total. The highest BCUT2D eigenvalue weighted by Gasteiger charge is 2.43. The molecule has 1 saturated heterocycles. The van der Waals surface area contributed by atoms with E-state index in [0.717, 1.165) is 12.8 Å². The average molecular weight is 218 g/mol. The first-order chi connectivity index (χ1) is 6.90. The number of halogens is 2. The second-order valence-electron chi connectivity index (χ2n) is 5.02. The molecule has 1 aliphatic carbocycles. The summed E-state index contributed by atoms with van der Waals surface area (Å²) in [4.78, 5) is 11.5. The van der Waals surface area contributed by atoms with Crippen molar-refractivity contribution in [1.29, 1.82) is 0 Å². The molecule has 1 saturated carbocycles. The number of hydrogen-bond acceptors (Lipinski definition) is 2. The van der Waals surface area contributed by atoms with Gasteiger partial charge in [-0.15, -0.1) is 0 Å². The molecular weight excluding hydrogens is 202 g/mol. The minimum atomic E-state index is -2.73. The lowest BCUT2D eigenvalue weighted by atomic mass is 10.1. The quantitative estimate of drug-likeness (QED) is 0.739. The molecule has 0 bridgehead atoms. The lowest BCUT2D eigenvalue weighted by Crippen LogP contribution is -2.42. The Morgan fingerprint density at radius 3 is 2.67 bits per heavy atom. The molecule has 3 nitrogen and oxygen atoms in total. The van der Waals surface area contributed by atoms with Gasteiger partial charge in [0.25, 0.3) is 5.92 Å². The fourth-order valence-corrected chi connectivity index (χ4v) is 1.71. The molecule has 1 unspecified atom stereocenters. The maximum atomic E-state index is 12.8. The van der Waals surface area contributed by atoms with Crippen molar-refractivity contribution >= 4 is 5.91 Å². The first kappa shape index (κ1) is 10.8. The van der Waals surface area contributed by atoms with E-state index in [0.29, 0.717) is 6.54 Å². The number of hydrogen-bond donors (Lipinski definition) is 2. The third kappa shape index (κ3) is 2.65. The highest BCUT2D eigenvalue weighted by Crippen LogP contribution is 2.44. The molecule has 0 aromatic carbocycles. The largest absolute Gasteiger partial charge is 0.354 e. The van der Waals surface area contributed by atoms with Crippen LogP contribution in [0.5, 0.6) is 0 Å². The molecule has 2 fully saturated rings. The number of carbonyl (C=O) groups excluding carboxylic acids is 1. The Morgan fingerprint density at radius 2 is 2.20 bits per heavy atom. The van der Waals surface area contributed by atoms with Gasteiger partial charge in [-0.2, -0.15) is 0 Å². The summed E-state index contributed by atoms with van der Waals surface area (Å²) in [7, 11) is 0. The third-order valence-corrected chi connectivity index (χ3v) is 3.22. The van der Waals surface area contributed by atoms with Gasteiger partial charge in [0.1, 0.15) is 0 Å². The van der Waals surface area contributed by atoms with Crippen LogP contribution in [0.4, 0.5) is 8.78 Å². The molecule has 5 heteroatoms. The molecule has 15 heavy (non-hydrogen) atoms. The van der Waals surface area contributed by atoms with Gasteiger partial charge in [-0.1, -0.05) is 6.92 Å². The highest BCUT2D eigenvalue weighted by molar-refractivity contribution is 5.82. The van der Waals surface area contributed by atoms with Crippen LogP contribution >= 0.6 is 0 Å². The van der Waals surface area contributed by atoms with Gasteiger partial charge in [-0.05, 0) is 18.3 Å². The van der Waals surface area contributed by atoms with Crippen LogP contribution in [-0.2, 0) is 4.79 Å². The zero-order valence-corrected chi connectivity index (χ0v) is 8.78. The summed E-state index contributed by atoms with van der Waals surface area (Å²) in [6, 6.07) is -0.720. The Labute approximate surface area is 87.6 Å². The van der Waals surface area contributed by atoms with Crippen LogP contribution in [-0.4, -0.2) is 31.0 Å². The van der Waals surface area contributed by atoms with Gasteiger partial charge in [0.2, 0.25) is 5.91 Å². The van der Waals surface area contributed by atoms with E-state index in [4.69, 9.17) is 0 Å². The summed E-state index contributed by atoms with van der Waals surface area (Å²) < 4.78 is 25.6. The fraction of sp³-hybridized carbons (Fsp3) is 0.900. The van der Waals surface area contributed by atoms with Crippen LogP contribution in [0.2, 0.25) is 0 Å². The number of carbonyl (C=O) groups is 1. The van der Waals surface area contributed by atoms with E-state index in [1.54, 1.807) is 0 Å². The van der Waals surface area contributed by atoms with Gasteiger partial charge in [0.15, 0.2) is 0 Å². The normalized spacial score (nSPS) is 31.3. The Morgan fingerprint density at radius 1 is 1.53 bits per heavy atom. The van der Waals surface area contributed by atoms with Gasteiger partial charge in [0, 0.05) is 13.0 Å². The van der Waals surface area contributed by atoms with E-state index < -0.39 is 12.0 Å². The van der Waals surface area contributed by atoms with Crippen LogP contribution < -0.4 is 10.6 Å². The lowest BCUT2D eigenvalue weighted by molar-refractivity contribution is -0.123. The Hall–Kier alpha value is -0.710. The molecule has 2 aliphatic rings. The van der Waals surface area contributed by atoms with E-state index in [2.05, 4.69) is 17.6 Å². The molecule has 0 radical (unpaired) electrons. The summed E-state index contributed by atoms with van der Waals surface area (Å²) in [5.41, 5.74) is 0.219. The number of rotatable bonds is 3. The molecule has 0 aromatic heterocycles. The molecular formula is C10H16F2N2O. The maximum absolute atomic E-state index is 12.8. The van der Waals surface area contributed by atoms with Gasteiger partial charge < -0.3 is 5.32 Å². The van der Waals surface area contributed by atoms with E-state index in [9.17, 15) is 13.6 Å². The molecule has 0 aromatic rings. The first-order valence-electron chi connectivity index (χ1n) is 5.29. The summed E-state index contributed by atoms with van der Waals surface area (Å²) in [5, 5.41) is 5.27. The van der Waals surface area contributed by atoms with Gasteiger partial charge in [0.05, 0.1) is 12.6 Å². The maximum Gasteiger partial charge on any atom is 0.262 e. The number of alkyl halides is 2. The minimum absolute atomic E-state index is 0.219. The highest BCUT2D eigenvalue weighted by atomic mass is 19.3. The van der Waals surface area contributed by atoms with Crippen molar-refractivity contribution in [2.45, 2.75) is 38.2 Å². The van der Waals surface area contributed by atoms with Gasteiger partial charge in [-0.3, -0.25) is 10.1 Å². The lowest BCUT2D eigenvalue weighted by Gasteiger charge is -2.14. The zero-order chi connectivity index (χ0) is 11.1. The van der Waals surface area contributed by atoms with Crippen molar-refractivity contribution in [3.05, 3.63) is 0 Å². The SMILES string of the molecule is CC1(CNC(=O)C2CC(F)(F)CN2)CC1. The molecule has 1 heterocycles. The second-order valence-corrected chi connectivity index (χ2v) is 5.02. The van der Waals surface area contributed by atoms with E-state index in [-0.39, 0.29) is 24.3 Å². The molecule has 86 valence electrons. The van der Waals surface area contributed by atoms with Crippen LogP contribution in [0.1, 0.15) is 26.2 Å². The Balaban J connectivity index is 1.77. The molecule has 0 spiro atoms. The van der Waals surface area contributed by atoms with Gasteiger partial charge in [-0.25, -0.2) is 8.78 Å². The van der Waals surface area contributed by atoms with Crippen molar-refractivity contribution in [3.8, 4) is 0 Å². The van der Waals surface area contributed by atoms with Crippen LogP contribution in [0.25, 0.3) is 0 Å². The Bertz CT molecular complexity index is 277. The van der Waals surface area contributed by atoms with E-state index in [1.165, 1.54) is 0 Å². The van der Waals surface area contributed by atoms with Crippen LogP contribution in [0, 0.1) is 5.41 Å². The second kappa shape index (κ2) is 3.40. The van der Waals surface area contributed by atoms with E-state index in [1.807, 2.05) is 0 Å². The van der Waals surface area contributed by atoms with Crippen molar-refractivity contribution in [2.75, 3.05) is 13.1 Å². The Kier molecular flexibility index (Phi) is 2.45. The third-order valence-electron chi connectivity index (χ3n) is 3.22. The zero-order valence-electron chi connectivity index (χ0n) is 8.78. The first-order valence-corrected chi connectivity index (χ1v) is 5.29. The monoisotopic (exact) mass is 218 g/mol. The topological polar surface area (TPSA) is 41.1 Å². The predicted molar refractivity (Wildman–Crippen MR) is 51.7 cm³/mol. The van der Waals surface area contributed by atoms with Crippen LogP contribution in [0.15, 0.2) is 0 Å². The van der Waals surface area contributed by atoms with Crippen molar-refractivity contribution in [3.63, 3.8) is 0 Å². The minimum Gasteiger partial charge on any atom is -0.354 e. The standard InChI is InChI=1S/C10H16F2N2O/c1-9(2-3-9)5-14-8(15)7-4-10(11,12)6-13-7/h7,13H,2-6H2,1H3,(H,14,15). The predicted octanol–water partition coefficient (Wildman–Crippen LogP) is 0.900. The summed E-state index contributed by atoms with van der Waals surface area (Å²) in [6.45, 7) is 2.31. The summed E-state index contributed by atoms with van der Waals surface area (Å²) in [6.07, 6.45) is 1.85. The molecule has 1 amide bonds. The van der Waals surface area contributed by atoms with Crippen molar-refractivity contribution in [1.82, 2.24) is 10.6 Å². The summed E-state index contributed by atoms with van der Waals surface area (Å²) in [5.74, 6) is -3.02. The number of amides is 1. The molecule has 2 rings (SSSR count). The van der Waals surface area contributed by atoms with Gasteiger partial charge >= 0.3 is 0 Å². The summed E-state index contributed by atoms with van der Waals surface area (Å²) >= 11 is 0. The van der Waals surface area contributed by atoms with E-state index >= 15 is 0 Å². The smallest absolute Gasteiger partial charge is 0.262 e. The fourth-order valence-electron chi connectivity index (χ4n) is 1.71. The van der Waals surface area contributed by atoms with Crippen LogP contribution in [0.3, 0.4) is 0 Å². The number of nitrogens with one attached hydrogen (secondary N) is 2. The average Bonchev–Trinajstić information content (AvgIpc) is 2.77. The molecule has 1 aliphatic heterocycles.